The van der Waals surface area contributed by atoms with E-state index in [1.165, 1.54) is 12.1 Å². The molecule has 0 atom stereocenters. The number of piperazine rings is 1. The van der Waals surface area contributed by atoms with Gasteiger partial charge in [-0.25, -0.2) is 4.39 Å². The van der Waals surface area contributed by atoms with Crippen LogP contribution in [0.1, 0.15) is 12.7 Å². The summed E-state index contributed by atoms with van der Waals surface area (Å²) < 4.78 is 15.2. The number of nitrogens with one attached hydrogen (secondary N) is 1. The second-order valence-corrected chi connectivity index (χ2v) is 6.98. The zero-order chi connectivity index (χ0) is 20.1. The number of pyridine rings is 1. The van der Waals surface area contributed by atoms with Gasteiger partial charge in [0.1, 0.15) is 11.6 Å². The van der Waals surface area contributed by atoms with E-state index >= 15 is 0 Å². The molecule has 1 N–H and O–H groups in total. The molecule has 1 fully saturated rings. The molecule has 2 aromatic heterocycles. The Kier molecular flexibility index (Phi) is 5.88. The molecule has 0 unspecified atom stereocenters. The summed E-state index contributed by atoms with van der Waals surface area (Å²) in [5.41, 5.74) is 1.92. The fraction of sp³-hybridized carbons (Fsp3) is 0.381. The highest BCUT2D eigenvalue weighted by Crippen LogP contribution is 2.17. The van der Waals surface area contributed by atoms with E-state index in [-0.39, 0.29) is 5.82 Å². The van der Waals surface area contributed by atoms with Crippen LogP contribution in [0.25, 0.3) is 5.65 Å². The molecule has 0 saturated carbocycles. The highest BCUT2D eigenvalue weighted by atomic mass is 19.1. The van der Waals surface area contributed by atoms with Crippen LogP contribution >= 0.6 is 0 Å². The number of halogens is 1. The predicted octanol–water partition coefficient (Wildman–Crippen LogP) is 2.20. The van der Waals surface area contributed by atoms with E-state index in [9.17, 15) is 4.39 Å². The number of hydrogen-bond acceptors (Lipinski definition) is 4. The molecule has 3 heterocycles. The molecule has 0 radical (unpaired) electrons. The minimum absolute atomic E-state index is 0.200. The number of nitrogens with zero attached hydrogens (tertiary/aromatic N) is 6. The lowest BCUT2D eigenvalue weighted by atomic mass is 10.2. The molecule has 0 spiro atoms. The third-order valence-electron chi connectivity index (χ3n) is 5.09. The summed E-state index contributed by atoms with van der Waals surface area (Å²) in [6.07, 6.45) is 2.71. The maximum Gasteiger partial charge on any atom is 0.194 e. The van der Waals surface area contributed by atoms with Crippen molar-refractivity contribution in [1.29, 1.82) is 0 Å². The monoisotopic (exact) mass is 395 g/mol. The smallest absolute Gasteiger partial charge is 0.194 e. The molecule has 0 amide bonds. The van der Waals surface area contributed by atoms with Crippen LogP contribution in [0.4, 0.5) is 10.1 Å². The van der Waals surface area contributed by atoms with Gasteiger partial charge < -0.3 is 15.1 Å². The van der Waals surface area contributed by atoms with Crippen molar-refractivity contribution in [3.63, 3.8) is 0 Å². The summed E-state index contributed by atoms with van der Waals surface area (Å²) in [6, 6.07) is 12.6. The van der Waals surface area contributed by atoms with Crippen LogP contribution in [0.5, 0.6) is 0 Å². The van der Waals surface area contributed by atoms with Gasteiger partial charge in [-0.1, -0.05) is 6.07 Å². The van der Waals surface area contributed by atoms with E-state index < -0.39 is 0 Å². The summed E-state index contributed by atoms with van der Waals surface area (Å²) in [4.78, 5) is 9.37. The zero-order valence-electron chi connectivity index (χ0n) is 16.6. The molecule has 7 nitrogen and oxygen atoms in total. The summed E-state index contributed by atoms with van der Waals surface area (Å²) >= 11 is 0. The lowest BCUT2D eigenvalue weighted by Gasteiger charge is -2.37. The number of rotatable bonds is 5. The van der Waals surface area contributed by atoms with E-state index in [1.54, 1.807) is 0 Å². The van der Waals surface area contributed by atoms with Crippen LogP contribution < -0.4 is 10.2 Å². The van der Waals surface area contributed by atoms with Crippen molar-refractivity contribution in [2.45, 2.75) is 13.3 Å². The minimum atomic E-state index is -0.200. The molecule has 1 aromatic carbocycles. The van der Waals surface area contributed by atoms with Crippen molar-refractivity contribution in [3.05, 3.63) is 60.3 Å². The number of anilines is 1. The van der Waals surface area contributed by atoms with Gasteiger partial charge in [0.25, 0.3) is 0 Å². The van der Waals surface area contributed by atoms with E-state index in [0.717, 1.165) is 62.3 Å². The first-order valence-electron chi connectivity index (χ1n) is 10.1. The van der Waals surface area contributed by atoms with Crippen molar-refractivity contribution in [2.75, 3.05) is 44.2 Å². The summed E-state index contributed by atoms with van der Waals surface area (Å²) in [7, 11) is 0. The van der Waals surface area contributed by atoms with Gasteiger partial charge in [0, 0.05) is 57.6 Å². The Morgan fingerprint density at radius 3 is 2.62 bits per heavy atom. The normalized spacial score (nSPS) is 15.2. The Bertz CT molecular complexity index is 959. The molecule has 1 aliphatic heterocycles. The molecule has 4 rings (SSSR count). The number of benzene rings is 1. The second-order valence-electron chi connectivity index (χ2n) is 6.98. The fourth-order valence-electron chi connectivity index (χ4n) is 3.58. The first-order valence-corrected chi connectivity index (χ1v) is 10.1. The van der Waals surface area contributed by atoms with E-state index in [0.29, 0.717) is 6.54 Å². The third-order valence-corrected chi connectivity index (χ3v) is 5.09. The Morgan fingerprint density at radius 2 is 1.86 bits per heavy atom. The maximum absolute atomic E-state index is 13.2. The SMILES string of the molecule is CCNC(=NCCc1nnc2ccccn12)N1CCN(c2ccc(F)cc2)CC1. The molecule has 1 saturated heterocycles. The largest absolute Gasteiger partial charge is 0.368 e. The van der Waals surface area contributed by atoms with Crippen LogP contribution in [-0.2, 0) is 6.42 Å². The van der Waals surface area contributed by atoms with Crippen molar-refractivity contribution in [3.8, 4) is 0 Å². The van der Waals surface area contributed by atoms with Crippen molar-refractivity contribution < 1.29 is 4.39 Å². The molecular formula is C21H26FN7. The van der Waals surface area contributed by atoms with Gasteiger partial charge in [-0.15, -0.1) is 10.2 Å². The van der Waals surface area contributed by atoms with Gasteiger partial charge >= 0.3 is 0 Å². The second kappa shape index (κ2) is 8.89. The molecular weight excluding hydrogens is 369 g/mol. The number of guanidine groups is 1. The van der Waals surface area contributed by atoms with E-state index in [4.69, 9.17) is 4.99 Å². The molecule has 152 valence electrons. The Balaban J connectivity index is 1.36. The number of hydrogen-bond donors (Lipinski definition) is 1. The van der Waals surface area contributed by atoms with E-state index in [1.807, 2.05) is 40.9 Å². The van der Waals surface area contributed by atoms with Gasteiger partial charge in [0.15, 0.2) is 11.6 Å². The maximum atomic E-state index is 13.2. The van der Waals surface area contributed by atoms with E-state index in [2.05, 4.69) is 32.2 Å². The van der Waals surface area contributed by atoms with Gasteiger partial charge in [0.05, 0.1) is 0 Å². The number of fused-ring (bicyclic) bond motifs is 1. The molecule has 0 bridgehead atoms. The average Bonchev–Trinajstić information content (AvgIpc) is 3.17. The summed E-state index contributed by atoms with van der Waals surface area (Å²) in [5, 5.41) is 11.9. The first-order chi connectivity index (χ1) is 14.2. The molecule has 3 aromatic rings. The van der Waals surface area contributed by atoms with Crippen LogP contribution in [0.2, 0.25) is 0 Å². The predicted molar refractivity (Wildman–Crippen MR) is 113 cm³/mol. The molecule has 1 aliphatic rings. The lowest BCUT2D eigenvalue weighted by molar-refractivity contribution is 0.372. The number of aliphatic imine (C=N–C) groups is 1. The minimum Gasteiger partial charge on any atom is -0.368 e. The Morgan fingerprint density at radius 1 is 1.07 bits per heavy atom. The first kappa shape index (κ1) is 19.2. The van der Waals surface area contributed by atoms with Crippen LogP contribution in [0, 0.1) is 5.82 Å². The van der Waals surface area contributed by atoms with Crippen LogP contribution in [-0.4, -0.2) is 64.7 Å². The topological polar surface area (TPSA) is 61.1 Å². The van der Waals surface area contributed by atoms with Gasteiger partial charge in [-0.3, -0.25) is 9.39 Å². The Labute approximate surface area is 169 Å². The quantitative estimate of drug-likeness (QED) is 0.530. The van der Waals surface area contributed by atoms with Crippen molar-refractivity contribution >= 4 is 17.3 Å². The van der Waals surface area contributed by atoms with Crippen LogP contribution in [0.15, 0.2) is 53.7 Å². The molecule has 8 heteroatoms. The van der Waals surface area contributed by atoms with Gasteiger partial charge in [-0.2, -0.15) is 0 Å². The zero-order valence-corrected chi connectivity index (χ0v) is 16.6. The van der Waals surface area contributed by atoms with Crippen LogP contribution in [0.3, 0.4) is 0 Å². The summed E-state index contributed by atoms with van der Waals surface area (Å²) in [5.74, 6) is 1.65. The fourth-order valence-corrected chi connectivity index (χ4v) is 3.58. The highest BCUT2D eigenvalue weighted by molar-refractivity contribution is 5.80. The molecule has 29 heavy (non-hydrogen) atoms. The Hall–Kier alpha value is -3.16. The van der Waals surface area contributed by atoms with Crippen molar-refractivity contribution in [1.82, 2.24) is 24.8 Å². The summed E-state index contributed by atoms with van der Waals surface area (Å²) in [6.45, 7) is 7.06. The highest BCUT2D eigenvalue weighted by Gasteiger charge is 2.20. The van der Waals surface area contributed by atoms with Gasteiger partial charge in [-0.05, 0) is 43.3 Å². The number of aromatic nitrogens is 3. The standard InChI is InChI=1S/C21H26FN7/c1-2-23-21(24-11-10-20-26-25-19-5-3-4-12-29(19)20)28-15-13-27(14-16-28)18-8-6-17(22)7-9-18/h3-9,12H,2,10-11,13-16H2,1H3,(H,23,24). The third kappa shape index (κ3) is 4.47. The van der Waals surface area contributed by atoms with Crippen molar-refractivity contribution in [2.24, 2.45) is 4.99 Å². The molecule has 0 aliphatic carbocycles. The average molecular weight is 395 g/mol. The lowest BCUT2D eigenvalue weighted by Crippen LogP contribution is -2.52. The van der Waals surface area contributed by atoms with Gasteiger partial charge in [0.2, 0.25) is 0 Å².